The first-order chi connectivity index (χ1) is 17.1. The summed E-state index contributed by atoms with van der Waals surface area (Å²) in [6.07, 6.45) is 7.43. The fourth-order valence-electron chi connectivity index (χ4n) is 6.21. The Morgan fingerprint density at radius 3 is 2.19 bits per heavy atom. The average Bonchev–Trinajstić information content (AvgIpc) is 3.14. The number of rotatable bonds is 4. The molecule has 1 N–H and O–H groups in total. The minimum Gasteiger partial charge on any atom is -0.461 e. The standard InChI is InChI=1S/C32H33BO3/c1-30(2,34)31(3,4)36-33(5)21-18-19-27-29(20-21)35-28-17-11-10-16-26(28)32(27)24-14-8-6-12-22(24)23-13-7-9-15-25(23)32/h6-15,17-20,26,34H,16H2,1-5H3. The van der Waals surface area contributed by atoms with Gasteiger partial charge in [-0.15, -0.1) is 0 Å². The van der Waals surface area contributed by atoms with Crippen molar-refractivity contribution in [3.63, 3.8) is 0 Å². The normalized spacial score (nSPS) is 19.1. The molecule has 0 fully saturated rings. The lowest BCUT2D eigenvalue weighted by atomic mass is 9.58. The van der Waals surface area contributed by atoms with Gasteiger partial charge in [-0.2, -0.15) is 0 Å². The first-order valence-electron chi connectivity index (χ1n) is 12.9. The van der Waals surface area contributed by atoms with Crippen molar-refractivity contribution in [1.29, 1.82) is 0 Å². The summed E-state index contributed by atoms with van der Waals surface area (Å²) < 4.78 is 13.0. The molecule has 0 aromatic heterocycles. The zero-order chi connectivity index (χ0) is 25.3. The maximum atomic E-state index is 10.6. The lowest BCUT2D eigenvalue weighted by molar-refractivity contribution is -0.0918. The Morgan fingerprint density at radius 1 is 0.917 bits per heavy atom. The maximum Gasteiger partial charge on any atom is 0.324 e. The van der Waals surface area contributed by atoms with Crippen LogP contribution in [0, 0.1) is 5.92 Å². The van der Waals surface area contributed by atoms with Gasteiger partial charge in [-0.05, 0) is 74.0 Å². The number of aliphatic hydroxyl groups is 1. The molecule has 1 unspecified atom stereocenters. The van der Waals surface area contributed by atoms with Gasteiger partial charge < -0.3 is 14.5 Å². The van der Waals surface area contributed by atoms with Crippen LogP contribution in [0.5, 0.6) is 5.75 Å². The summed E-state index contributed by atoms with van der Waals surface area (Å²) in [6, 6.07) is 24.3. The quantitative estimate of drug-likeness (QED) is 0.453. The molecular weight excluding hydrogens is 443 g/mol. The summed E-state index contributed by atoms with van der Waals surface area (Å²) in [4.78, 5) is 0. The van der Waals surface area contributed by atoms with E-state index in [0.717, 1.165) is 23.4 Å². The third-order valence-electron chi connectivity index (χ3n) is 8.70. The second-order valence-corrected chi connectivity index (χ2v) is 11.4. The highest BCUT2D eigenvalue weighted by Crippen LogP contribution is 2.62. The van der Waals surface area contributed by atoms with E-state index in [1.54, 1.807) is 13.8 Å². The Morgan fingerprint density at radius 2 is 1.56 bits per heavy atom. The van der Waals surface area contributed by atoms with E-state index in [9.17, 15) is 5.11 Å². The lowest BCUT2D eigenvalue weighted by Crippen LogP contribution is -2.52. The van der Waals surface area contributed by atoms with Crippen LogP contribution in [0.2, 0.25) is 6.82 Å². The highest BCUT2D eigenvalue weighted by Gasteiger charge is 2.55. The van der Waals surface area contributed by atoms with Crippen molar-refractivity contribution in [3.8, 4) is 16.9 Å². The predicted molar refractivity (Wildman–Crippen MR) is 147 cm³/mol. The Balaban J connectivity index is 1.54. The van der Waals surface area contributed by atoms with E-state index >= 15 is 0 Å². The lowest BCUT2D eigenvalue weighted by Gasteiger charge is -2.46. The van der Waals surface area contributed by atoms with Crippen LogP contribution in [0.3, 0.4) is 0 Å². The van der Waals surface area contributed by atoms with Crippen molar-refractivity contribution < 1.29 is 14.5 Å². The third-order valence-corrected chi connectivity index (χ3v) is 8.70. The highest BCUT2D eigenvalue weighted by molar-refractivity contribution is 6.66. The van der Waals surface area contributed by atoms with Gasteiger partial charge in [-0.25, -0.2) is 0 Å². The van der Waals surface area contributed by atoms with Gasteiger partial charge in [-0.1, -0.05) is 79.6 Å². The van der Waals surface area contributed by atoms with Crippen molar-refractivity contribution in [1.82, 2.24) is 0 Å². The van der Waals surface area contributed by atoms with E-state index in [1.807, 2.05) is 20.7 Å². The molecule has 0 saturated heterocycles. The van der Waals surface area contributed by atoms with E-state index < -0.39 is 11.2 Å². The van der Waals surface area contributed by atoms with Crippen LogP contribution in [0.15, 0.2) is 90.7 Å². The van der Waals surface area contributed by atoms with Crippen LogP contribution in [-0.4, -0.2) is 23.2 Å². The molecule has 3 nitrogen and oxygen atoms in total. The summed E-state index contributed by atoms with van der Waals surface area (Å²) in [6.45, 7) is 9.28. The molecule has 4 heteroatoms. The minimum absolute atomic E-state index is 0.188. The smallest absolute Gasteiger partial charge is 0.324 e. The largest absolute Gasteiger partial charge is 0.461 e. The van der Waals surface area contributed by atoms with Crippen molar-refractivity contribution in [3.05, 3.63) is 107 Å². The Kier molecular flexibility index (Phi) is 5.16. The van der Waals surface area contributed by atoms with Gasteiger partial charge >= 0.3 is 6.92 Å². The molecule has 1 heterocycles. The predicted octanol–water partition coefficient (Wildman–Crippen LogP) is 6.25. The van der Waals surface area contributed by atoms with Gasteiger partial charge in [0.15, 0.2) is 0 Å². The number of hydrogen-bond donors (Lipinski definition) is 1. The molecule has 0 amide bonds. The van der Waals surface area contributed by atoms with Crippen LogP contribution in [0.1, 0.15) is 50.8 Å². The molecular formula is C32H33BO3. The van der Waals surface area contributed by atoms with Gasteiger partial charge in [-0.3, -0.25) is 0 Å². The third kappa shape index (κ3) is 3.21. The molecule has 1 aliphatic heterocycles. The van der Waals surface area contributed by atoms with Gasteiger partial charge in [0.2, 0.25) is 0 Å². The molecule has 3 aromatic rings. The molecule has 1 atom stereocenters. The van der Waals surface area contributed by atoms with Gasteiger partial charge in [0.05, 0.1) is 16.6 Å². The maximum absolute atomic E-state index is 10.6. The van der Waals surface area contributed by atoms with Gasteiger partial charge in [0.1, 0.15) is 11.5 Å². The van der Waals surface area contributed by atoms with E-state index in [-0.39, 0.29) is 18.2 Å². The zero-order valence-electron chi connectivity index (χ0n) is 21.7. The van der Waals surface area contributed by atoms with Crippen LogP contribution in [-0.2, 0) is 10.1 Å². The summed E-state index contributed by atoms with van der Waals surface area (Å²) in [7, 11) is 0. The molecule has 3 aliphatic rings. The number of allylic oxidation sites excluding steroid dienone is 4. The first-order valence-corrected chi connectivity index (χ1v) is 12.9. The molecule has 0 saturated carbocycles. The summed E-state index contributed by atoms with van der Waals surface area (Å²) in [5, 5.41) is 10.6. The van der Waals surface area contributed by atoms with Crippen LogP contribution < -0.4 is 10.2 Å². The van der Waals surface area contributed by atoms with Crippen molar-refractivity contribution in [2.24, 2.45) is 5.92 Å². The van der Waals surface area contributed by atoms with E-state index in [2.05, 4.69) is 85.0 Å². The minimum atomic E-state index is -0.972. The molecule has 6 rings (SSSR count). The SMILES string of the molecule is CB(OC(C)(C)C(C)(C)O)c1ccc2c(c1)OC1=CC=CCC1C21c2ccccc2-c2ccccc21. The monoisotopic (exact) mass is 476 g/mol. The van der Waals surface area contributed by atoms with Crippen molar-refractivity contribution >= 4 is 12.4 Å². The molecule has 0 bridgehead atoms. The second kappa shape index (κ2) is 7.96. The van der Waals surface area contributed by atoms with E-state index in [1.165, 1.54) is 27.8 Å². The molecule has 3 aromatic carbocycles. The summed E-state index contributed by atoms with van der Waals surface area (Å²) in [5.74, 6) is 2.08. The van der Waals surface area contributed by atoms with Crippen LogP contribution >= 0.6 is 0 Å². The van der Waals surface area contributed by atoms with E-state index in [4.69, 9.17) is 9.39 Å². The van der Waals surface area contributed by atoms with Gasteiger partial charge in [0.25, 0.3) is 0 Å². The second-order valence-electron chi connectivity index (χ2n) is 11.4. The number of benzene rings is 3. The number of hydrogen-bond acceptors (Lipinski definition) is 3. The van der Waals surface area contributed by atoms with Crippen molar-refractivity contribution in [2.45, 2.75) is 57.6 Å². The fraction of sp³-hybridized carbons (Fsp3) is 0.312. The molecule has 2 aliphatic carbocycles. The van der Waals surface area contributed by atoms with E-state index in [0.29, 0.717) is 0 Å². The summed E-state index contributed by atoms with van der Waals surface area (Å²) in [5.41, 5.74) is 5.55. The number of fused-ring (bicyclic) bond motifs is 9. The molecule has 1 spiro atoms. The first kappa shape index (κ1) is 23.3. The van der Waals surface area contributed by atoms with Crippen molar-refractivity contribution in [2.75, 3.05) is 0 Å². The molecule has 0 radical (unpaired) electrons. The average molecular weight is 476 g/mol. The Bertz CT molecular complexity index is 1360. The fourth-order valence-corrected chi connectivity index (χ4v) is 6.21. The zero-order valence-corrected chi connectivity index (χ0v) is 21.7. The highest BCUT2D eigenvalue weighted by atomic mass is 16.5. The topological polar surface area (TPSA) is 38.7 Å². The molecule has 36 heavy (non-hydrogen) atoms. The Hall–Kier alpha value is -3.08. The van der Waals surface area contributed by atoms with Gasteiger partial charge in [0, 0.05) is 11.5 Å². The number of ether oxygens (including phenoxy) is 1. The van der Waals surface area contributed by atoms with Crippen LogP contribution in [0.25, 0.3) is 11.1 Å². The molecule has 182 valence electrons. The Labute approximate surface area is 214 Å². The summed E-state index contributed by atoms with van der Waals surface area (Å²) >= 11 is 0. The van der Waals surface area contributed by atoms with Crippen LogP contribution in [0.4, 0.5) is 0 Å².